The first-order valence-corrected chi connectivity index (χ1v) is 4.59. The minimum atomic E-state index is 0.304. The van der Waals surface area contributed by atoms with Crippen LogP contribution in [0.5, 0.6) is 0 Å². The molecule has 0 saturated carbocycles. The van der Waals surface area contributed by atoms with Crippen molar-refractivity contribution in [3.05, 3.63) is 17.8 Å². The lowest BCUT2D eigenvalue weighted by Crippen LogP contribution is -2.15. The number of pyridine rings is 1. The van der Waals surface area contributed by atoms with Gasteiger partial charge in [-0.2, -0.15) is 5.26 Å². The molecule has 0 spiro atoms. The third-order valence-electron chi connectivity index (χ3n) is 2.02. The Hall–Kier alpha value is -1.76. The Balaban J connectivity index is 2.92. The highest BCUT2D eigenvalue weighted by atomic mass is 15.0. The molecule has 1 atom stereocenters. The lowest BCUT2D eigenvalue weighted by Gasteiger charge is -2.12. The van der Waals surface area contributed by atoms with Gasteiger partial charge in [0, 0.05) is 6.04 Å². The predicted molar refractivity (Wildman–Crippen MR) is 56.7 cm³/mol. The van der Waals surface area contributed by atoms with Gasteiger partial charge in [-0.15, -0.1) is 0 Å². The summed E-state index contributed by atoms with van der Waals surface area (Å²) in [5, 5.41) is 12.0. The van der Waals surface area contributed by atoms with Gasteiger partial charge in [-0.1, -0.05) is 6.92 Å². The molecule has 0 aromatic carbocycles. The second-order valence-corrected chi connectivity index (χ2v) is 3.23. The molecule has 0 aliphatic heterocycles. The molecule has 4 heteroatoms. The summed E-state index contributed by atoms with van der Waals surface area (Å²) in [5.41, 5.74) is 6.53. The number of nitriles is 1. The zero-order chi connectivity index (χ0) is 10.6. The maximum Gasteiger partial charge on any atom is 0.144 e. The number of nitrogen functional groups attached to an aromatic ring is 1. The molecule has 1 unspecified atom stereocenters. The quantitative estimate of drug-likeness (QED) is 0.761. The summed E-state index contributed by atoms with van der Waals surface area (Å²) >= 11 is 0. The molecule has 0 amide bonds. The van der Waals surface area contributed by atoms with Crippen molar-refractivity contribution < 1.29 is 0 Å². The molecule has 1 aromatic rings. The summed E-state index contributed by atoms with van der Waals surface area (Å²) in [6.07, 6.45) is 2.53. The molecule has 74 valence electrons. The zero-order valence-corrected chi connectivity index (χ0v) is 8.41. The number of rotatable bonds is 3. The van der Waals surface area contributed by atoms with E-state index >= 15 is 0 Å². The van der Waals surface area contributed by atoms with E-state index in [9.17, 15) is 0 Å². The van der Waals surface area contributed by atoms with Crippen LogP contribution in [0.2, 0.25) is 0 Å². The Morgan fingerprint density at radius 3 is 3.00 bits per heavy atom. The normalized spacial score (nSPS) is 11.8. The van der Waals surface area contributed by atoms with Crippen LogP contribution in [-0.2, 0) is 0 Å². The molecule has 1 aromatic heterocycles. The molecular formula is C10H14N4. The van der Waals surface area contributed by atoms with Crippen LogP contribution in [0.15, 0.2) is 12.3 Å². The first-order valence-electron chi connectivity index (χ1n) is 4.59. The van der Waals surface area contributed by atoms with Gasteiger partial charge in [0.15, 0.2) is 0 Å². The van der Waals surface area contributed by atoms with Crippen LogP contribution in [0, 0.1) is 11.3 Å². The number of hydrogen-bond donors (Lipinski definition) is 2. The van der Waals surface area contributed by atoms with E-state index in [1.165, 1.54) is 0 Å². The topological polar surface area (TPSA) is 74.7 Å². The fraction of sp³-hybridized carbons (Fsp3) is 0.400. The van der Waals surface area contributed by atoms with Crippen molar-refractivity contribution in [2.45, 2.75) is 26.3 Å². The Labute approximate surface area is 83.8 Å². The Morgan fingerprint density at radius 1 is 1.71 bits per heavy atom. The van der Waals surface area contributed by atoms with Crippen molar-refractivity contribution in [1.29, 1.82) is 5.26 Å². The Bertz CT molecular complexity index is 354. The molecular weight excluding hydrogens is 176 g/mol. The van der Waals surface area contributed by atoms with Gasteiger partial charge in [-0.3, -0.25) is 0 Å². The summed E-state index contributed by atoms with van der Waals surface area (Å²) < 4.78 is 0. The number of nitrogens with one attached hydrogen (secondary N) is 1. The van der Waals surface area contributed by atoms with Crippen molar-refractivity contribution >= 4 is 11.5 Å². The molecule has 0 bridgehead atoms. The number of anilines is 2. The van der Waals surface area contributed by atoms with Crippen LogP contribution in [0.1, 0.15) is 25.8 Å². The van der Waals surface area contributed by atoms with Gasteiger partial charge in [0.1, 0.15) is 11.9 Å². The van der Waals surface area contributed by atoms with Gasteiger partial charge in [-0.05, 0) is 19.4 Å². The minimum Gasteiger partial charge on any atom is -0.397 e. The zero-order valence-electron chi connectivity index (χ0n) is 8.41. The third-order valence-corrected chi connectivity index (χ3v) is 2.02. The Kier molecular flexibility index (Phi) is 3.29. The number of nitrogens with zero attached hydrogens (tertiary/aromatic N) is 2. The molecule has 0 radical (unpaired) electrons. The summed E-state index contributed by atoms with van der Waals surface area (Å²) in [5.74, 6) is 0.607. The van der Waals surface area contributed by atoms with Crippen LogP contribution in [-0.4, -0.2) is 11.0 Å². The first-order chi connectivity index (χ1) is 6.67. The summed E-state index contributed by atoms with van der Waals surface area (Å²) in [6, 6.07) is 3.99. The standard InChI is InChI=1S/C10H14N4/c1-3-7(2)14-10-8(5-11)4-9(12)6-13-10/h4,6-7H,3,12H2,1-2H3,(H,13,14). The smallest absolute Gasteiger partial charge is 0.144 e. The second-order valence-electron chi connectivity index (χ2n) is 3.23. The molecule has 1 rings (SSSR count). The van der Waals surface area contributed by atoms with E-state index in [1.807, 2.05) is 6.92 Å². The molecule has 0 saturated heterocycles. The van der Waals surface area contributed by atoms with Crippen LogP contribution in [0.4, 0.5) is 11.5 Å². The fourth-order valence-corrected chi connectivity index (χ4v) is 1.02. The van der Waals surface area contributed by atoms with Crippen LogP contribution >= 0.6 is 0 Å². The van der Waals surface area contributed by atoms with Crippen molar-refractivity contribution in [2.75, 3.05) is 11.1 Å². The van der Waals surface area contributed by atoms with Crippen LogP contribution in [0.3, 0.4) is 0 Å². The van der Waals surface area contributed by atoms with E-state index in [2.05, 4.69) is 23.3 Å². The lowest BCUT2D eigenvalue weighted by atomic mass is 10.2. The monoisotopic (exact) mass is 190 g/mol. The highest BCUT2D eigenvalue weighted by molar-refractivity contribution is 5.57. The molecule has 4 nitrogen and oxygen atoms in total. The maximum absolute atomic E-state index is 8.84. The van der Waals surface area contributed by atoms with Gasteiger partial charge in [0.25, 0.3) is 0 Å². The first kappa shape index (κ1) is 10.3. The molecule has 0 fully saturated rings. The summed E-state index contributed by atoms with van der Waals surface area (Å²) in [7, 11) is 0. The van der Waals surface area contributed by atoms with Crippen molar-refractivity contribution in [3.63, 3.8) is 0 Å². The van der Waals surface area contributed by atoms with Gasteiger partial charge >= 0.3 is 0 Å². The molecule has 1 heterocycles. The predicted octanol–water partition coefficient (Wildman–Crippen LogP) is 1.75. The molecule has 0 aliphatic rings. The number of nitrogens with two attached hydrogens (primary N) is 1. The van der Waals surface area contributed by atoms with E-state index in [-0.39, 0.29) is 0 Å². The number of hydrogen-bond acceptors (Lipinski definition) is 4. The van der Waals surface area contributed by atoms with E-state index in [0.29, 0.717) is 23.1 Å². The van der Waals surface area contributed by atoms with E-state index < -0.39 is 0 Å². The van der Waals surface area contributed by atoms with Crippen molar-refractivity contribution in [3.8, 4) is 6.07 Å². The maximum atomic E-state index is 8.84. The van der Waals surface area contributed by atoms with Gasteiger partial charge in [-0.25, -0.2) is 4.98 Å². The van der Waals surface area contributed by atoms with Crippen molar-refractivity contribution in [1.82, 2.24) is 4.98 Å². The molecule has 3 N–H and O–H groups in total. The summed E-state index contributed by atoms with van der Waals surface area (Å²) in [4.78, 5) is 4.08. The average Bonchev–Trinajstić information content (AvgIpc) is 2.20. The van der Waals surface area contributed by atoms with Crippen molar-refractivity contribution in [2.24, 2.45) is 0 Å². The van der Waals surface area contributed by atoms with Crippen LogP contribution in [0.25, 0.3) is 0 Å². The van der Waals surface area contributed by atoms with Gasteiger partial charge in [0.05, 0.1) is 17.4 Å². The Morgan fingerprint density at radius 2 is 2.43 bits per heavy atom. The van der Waals surface area contributed by atoms with Crippen LogP contribution < -0.4 is 11.1 Å². The third kappa shape index (κ3) is 2.36. The van der Waals surface area contributed by atoms with E-state index in [0.717, 1.165) is 6.42 Å². The number of aromatic nitrogens is 1. The highest BCUT2D eigenvalue weighted by Crippen LogP contribution is 2.15. The lowest BCUT2D eigenvalue weighted by molar-refractivity contribution is 0.759. The van der Waals surface area contributed by atoms with E-state index in [4.69, 9.17) is 11.0 Å². The SMILES string of the molecule is CCC(C)Nc1ncc(N)cc1C#N. The fourth-order valence-electron chi connectivity index (χ4n) is 1.02. The molecule has 14 heavy (non-hydrogen) atoms. The van der Waals surface area contributed by atoms with E-state index in [1.54, 1.807) is 12.3 Å². The summed E-state index contributed by atoms with van der Waals surface area (Å²) in [6.45, 7) is 4.11. The minimum absolute atomic E-state index is 0.304. The molecule has 0 aliphatic carbocycles. The highest BCUT2D eigenvalue weighted by Gasteiger charge is 2.06. The van der Waals surface area contributed by atoms with Gasteiger partial charge in [0.2, 0.25) is 0 Å². The largest absolute Gasteiger partial charge is 0.397 e. The average molecular weight is 190 g/mol. The van der Waals surface area contributed by atoms with Gasteiger partial charge < -0.3 is 11.1 Å². The second kappa shape index (κ2) is 4.47.